The molecule has 0 aliphatic heterocycles. The van der Waals surface area contributed by atoms with Crippen molar-refractivity contribution in [1.82, 2.24) is 15.3 Å². The average molecular weight is 414 g/mol. The van der Waals surface area contributed by atoms with Crippen LogP contribution in [-0.4, -0.2) is 21.6 Å². The van der Waals surface area contributed by atoms with Crippen molar-refractivity contribution in [2.24, 2.45) is 0 Å². The van der Waals surface area contributed by atoms with Gasteiger partial charge in [0.1, 0.15) is 0 Å². The lowest BCUT2D eigenvalue weighted by Gasteiger charge is -2.05. The van der Waals surface area contributed by atoms with Gasteiger partial charge in [0.25, 0.3) is 0 Å². The lowest BCUT2D eigenvalue weighted by Crippen LogP contribution is -2.24. The number of aromatic nitrogens is 2. The van der Waals surface area contributed by atoms with Gasteiger partial charge in [-0.25, -0.2) is 4.98 Å². The van der Waals surface area contributed by atoms with Gasteiger partial charge >= 0.3 is 0 Å². The molecule has 0 atom stereocenters. The number of carbonyl (C=O) groups is 1. The quantitative estimate of drug-likeness (QED) is 0.396. The van der Waals surface area contributed by atoms with Crippen LogP contribution in [-0.2, 0) is 11.3 Å². The fourth-order valence-corrected chi connectivity index (χ4v) is 3.83. The molecule has 2 N–H and O–H groups in total. The number of rotatable bonds is 7. The van der Waals surface area contributed by atoms with E-state index in [4.69, 9.17) is 4.98 Å². The lowest BCUT2D eigenvalue weighted by atomic mass is 10.1. The summed E-state index contributed by atoms with van der Waals surface area (Å²) in [5.74, 6) is 0.293. The molecule has 1 heterocycles. The van der Waals surface area contributed by atoms with Gasteiger partial charge in [-0.3, -0.25) is 4.79 Å². The first-order chi connectivity index (χ1) is 14.7. The van der Waals surface area contributed by atoms with Crippen LogP contribution in [0.15, 0.2) is 90.1 Å². The van der Waals surface area contributed by atoms with E-state index in [1.807, 2.05) is 60.7 Å². The van der Waals surface area contributed by atoms with Crippen molar-refractivity contribution in [2.75, 3.05) is 5.75 Å². The second-order valence-corrected chi connectivity index (χ2v) is 8.01. The number of hydrogen-bond acceptors (Lipinski definition) is 3. The topological polar surface area (TPSA) is 57.8 Å². The van der Waals surface area contributed by atoms with Crippen molar-refractivity contribution in [1.29, 1.82) is 0 Å². The third kappa shape index (κ3) is 4.99. The number of nitrogens with one attached hydrogen (secondary N) is 2. The number of thioether (sulfide) groups is 1. The fraction of sp³-hybridized carbons (Fsp3) is 0.120. The average Bonchev–Trinajstić information content (AvgIpc) is 3.23. The molecule has 0 fully saturated rings. The molecular formula is C25H23N3OS. The van der Waals surface area contributed by atoms with Gasteiger partial charge in [0.2, 0.25) is 5.91 Å². The van der Waals surface area contributed by atoms with E-state index >= 15 is 0 Å². The summed E-state index contributed by atoms with van der Waals surface area (Å²) in [4.78, 5) is 20.5. The fourth-order valence-electron chi connectivity index (χ4n) is 3.13. The highest BCUT2D eigenvalue weighted by atomic mass is 32.2. The Hall–Kier alpha value is -3.31. The number of carbonyl (C=O) groups excluding carboxylic acids is 1. The third-order valence-electron chi connectivity index (χ3n) is 4.74. The second kappa shape index (κ2) is 9.46. The van der Waals surface area contributed by atoms with Crippen molar-refractivity contribution in [3.05, 3.63) is 96.1 Å². The van der Waals surface area contributed by atoms with Crippen molar-refractivity contribution < 1.29 is 4.79 Å². The van der Waals surface area contributed by atoms with Crippen LogP contribution in [0.1, 0.15) is 11.1 Å². The maximum Gasteiger partial charge on any atom is 0.230 e. The number of benzene rings is 3. The van der Waals surface area contributed by atoms with Crippen molar-refractivity contribution in [3.63, 3.8) is 0 Å². The summed E-state index contributed by atoms with van der Waals surface area (Å²) in [6, 6.07) is 28.4. The van der Waals surface area contributed by atoms with Crippen LogP contribution in [0.3, 0.4) is 0 Å². The van der Waals surface area contributed by atoms with E-state index in [0.29, 0.717) is 12.3 Å². The maximum absolute atomic E-state index is 12.3. The molecule has 0 saturated heterocycles. The number of nitrogens with zero attached hydrogens (tertiary/aromatic N) is 1. The van der Waals surface area contributed by atoms with Gasteiger partial charge in [-0.1, -0.05) is 102 Å². The van der Waals surface area contributed by atoms with Gasteiger partial charge in [-0.15, -0.1) is 0 Å². The van der Waals surface area contributed by atoms with Crippen LogP contribution in [0.4, 0.5) is 0 Å². The molecule has 5 heteroatoms. The summed E-state index contributed by atoms with van der Waals surface area (Å²) in [5, 5.41) is 3.71. The molecule has 0 bridgehead atoms. The summed E-state index contributed by atoms with van der Waals surface area (Å²) in [6.07, 6.45) is 0. The lowest BCUT2D eigenvalue weighted by molar-refractivity contribution is -0.118. The number of H-pyrrole nitrogens is 1. The molecule has 1 aromatic heterocycles. The van der Waals surface area contributed by atoms with Crippen LogP contribution >= 0.6 is 11.8 Å². The van der Waals surface area contributed by atoms with Crippen LogP contribution in [0.2, 0.25) is 0 Å². The first-order valence-corrected chi connectivity index (χ1v) is 10.8. The molecule has 0 aliphatic carbocycles. The largest absolute Gasteiger partial charge is 0.351 e. The van der Waals surface area contributed by atoms with E-state index in [1.165, 1.54) is 17.3 Å². The van der Waals surface area contributed by atoms with Gasteiger partial charge in [-0.2, -0.15) is 0 Å². The Morgan fingerprint density at radius 1 is 0.900 bits per heavy atom. The Labute approximate surface area is 180 Å². The van der Waals surface area contributed by atoms with Crippen molar-refractivity contribution in [2.45, 2.75) is 18.6 Å². The number of aryl methyl sites for hydroxylation is 1. The van der Waals surface area contributed by atoms with E-state index in [0.717, 1.165) is 33.2 Å². The monoisotopic (exact) mass is 413 g/mol. The molecule has 0 unspecified atom stereocenters. The first kappa shape index (κ1) is 20.0. The second-order valence-electron chi connectivity index (χ2n) is 7.05. The molecule has 0 radical (unpaired) electrons. The summed E-state index contributed by atoms with van der Waals surface area (Å²) >= 11 is 1.41. The molecule has 4 nitrogen and oxygen atoms in total. The minimum Gasteiger partial charge on any atom is -0.351 e. The molecule has 1 amide bonds. The summed E-state index contributed by atoms with van der Waals surface area (Å²) in [6.45, 7) is 2.58. The molecule has 4 aromatic rings. The van der Waals surface area contributed by atoms with Gasteiger partial charge in [0, 0.05) is 17.7 Å². The summed E-state index contributed by atoms with van der Waals surface area (Å²) in [5.41, 5.74) is 6.27. The number of aromatic amines is 1. The Balaban J connectivity index is 1.46. The number of amides is 1. The van der Waals surface area contributed by atoms with E-state index < -0.39 is 0 Å². The Kier molecular flexibility index (Phi) is 6.30. The molecule has 3 aromatic carbocycles. The Bertz CT molecular complexity index is 1050. The van der Waals surface area contributed by atoms with Gasteiger partial charge < -0.3 is 10.3 Å². The normalized spacial score (nSPS) is 10.7. The molecule has 4 rings (SSSR count). The van der Waals surface area contributed by atoms with Crippen molar-refractivity contribution in [3.8, 4) is 22.5 Å². The standard InChI is InChI=1S/C25H23N3OS/c1-18-12-14-19(15-13-18)16-26-22(29)17-30-25-27-23(20-8-4-2-5-9-20)24(28-25)21-10-6-3-7-11-21/h2-15H,16-17H2,1H3,(H,26,29)(H,27,28). The number of imidazole rings is 1. The van der Waals surface area contributed by atoms with E-state index in [1.54, 1.807) is 0 Å². The molecule has 0 saturated carbocycles. The molecule has 0 spiro atoms. The molecular weight excluding hydrogens is 390 g/mol. The minimum atomic E-state index is -0.0144. The molecule has 30 heavy (non-hydrogen) atoms. The zero-order valence-corrected chi connectivity index (χ0v) is 17.6. The van der Waals surface area contributed by atoms with E-state index in [9.17, 15) is 4.79 Å². The molecule has 150 valence electrons. The zero-order valence-electron chi connectivity index (χ0n) is 16.8. The SMILES string of the molecule is Cc1ccc(CNC(=O)CSc2nc(-c3ccccc3)c(-c3ccccc3)[nH]2)cc1. The van der Waals surface area contributed by atoms with Gasteiger partial charge in [0.05, 0.1) is 17.1 Å². The predicted octanol–water partition coefficient (Wildman–Crippen LogP) is 5.46. The Morgan fingerprint density at radius 3 is 2.20 bits per heavy atom. The van der Waals surface area contributed by atoms with Crippen LogP contribution in [0, 0.1) is 6.92 Å². The maximum atomic E-state index is 12.3. The summed E-state index contributed by atoms with van der Waals surface area (Å²) < 4.78 is 0. The van der Waals surface area contributed by atoms with E-state index in [-0.39, 0.29) is 5.91 Å². The smallest absolute Gasteiger partial charge is 0.230 e. The molecule has 0 aliphatic rings. The minimum absolute atomic E-state index is 0.0144. The zero-order chi connectivity index (χ0) is 20.8. The van der Waals surface area contributed by atoms with Gasteiger partial charge in [0.15, 0.2) is 5.16 Å². The Morgan fingerprint density at radius 2 is 1.53 bits per heavy atom. The predicted molar refractivity (Wildman–Crippen MR) is 123 cm³/mol. The van der Waals surface area contributed by atoms with E-state index in [2.05, 4.69) is 41.5 Å². The highest BCUT2D eigenvalue weighted by Crippen LogP contribution is 2.32. The van der Waals surface area contributed by atoms with Crippen LogP contribution < -0.4 is 5.32 Å². The summed E-state index contributed by atoms with van der Waals surface area (Å²) in [7, 11) is 0. The highest BCUT2D eigenvalue weighted by Gasteiger charge is 2.15. The first-order valence-electron chi connectivity index (χ1n) is 9.85. The highest BCUT2D eigenvalue weighted by molar-refractivity contribution is 7.99. The number of hydrogen-bond donors (Lipinski definition) is 2. The van der Waals surface area contributed by atoms with Crippen LogP contribution in [0.25, 0.3) is 22.5 Å². The van der Waals surface area contributed by atoms with Gasteiger partial charge in [-0.05, 0) is 12.5 Å². The van der Waals surface area contributed by atoms with Crippen LogP contribution in [0.5, 0.6) is 0 Å². The third-order valence-corrected chi connectivity index (χ3v) is 5.62. The van der Waals surface area contributed by atoms with Crippen molar-refractivity contribution >= 4 is 17.7 Å².